The number of hydrogen-bond acceptors (Lipinski definition) is 4. The highest BCUT2D eigenvalue weighted by molar-refractivity contribution is 7.73. The molecule has 0 bridgehead atoms. The zero-order valence-electron chi connectivity index (χ0n) is 10.7. The Morgan fingerprint density at radius 3 is 2.67 bits per heavy atom. The largest absolute Gasteiger partial charge is 0.347 e. The first-order valence-electron chi connectivity index (χ1n) is 5.63. The molecule has 1 rings (SSSR count). The van der Waals surface area contributed by atoms with Gasteiger partial charge in [-0.1, -0.05) is 0 Å². The van der Waals surface area contributed by atoms with Crippen LogP contribution in [-0.4, -0.2) is 41.8 Å². The third-order valence-corrected chi connectivity index (χ3v) is 3.92. The maximum absolute atomic E-state index is 11.7. The number of aromatic amines is 1. The lowest BCUT2D eigenvalue weighted by Gasteiger charge is -2.14. The quantitative estimate of drug-likeness (QED) is 0.801. The molecule has 1 heterocycles. The maximum Gasteiger partial charge on any atom is 0.241 e. The molecule has 2 amide bonds. The predicted molar refractivity (Wildman–Crippen MR) is 74.3 cm³/mol. The summed E-state index contributed by atoms with van der Waals surface area (Å²) in [7, 11) is 1.70. The van der Waals surface area contributed by atoms with E-state index < -0.39 is 0 Å². The highest BCUT2D eigenvalue weighted by Crippen LogP contribution is 2.14. The lowest BCUT2D eigenvalue weighted by atomic mass is 10.3. The summed E-state index contributed by atoms with van der Waals surface area (Å²) in [5.74, 6) is -0.259. The number of H-pyrrole nitrogens is 1. The summed E-state index contributed by atoms with van der Waals surface area (Å²) in [4.78, 5) is 28.6. The van der Waals surface area contributed by atoms with Gasteiger partial charge in [0, 0.05) is 24.2 Å². The van der Waals surface area contributed by atoms with Gasteiger partial charge in [-0.05, 0) is 26.1 Å². The normalized spacial score (nSPS) is 10.2. The third kappa shape index (κ3) is 4.23. The summed E-state index contributed by atoms with van der Waals surface area (Å²) >= 11 is 6.39. The van der Waals surface area contributed by atoms with Crippen LogP contribution in [-0.2, 0) is 16.0 Å². The molecular weight excluding hydrogens is 270 g/mol. The highest BCUT2D eigenvalue weighted by Gasteiger charge is 2.11. The highest BCUT2D eigenvalue weighted by atomic mass is 32.1. The average Bonchev–Trinajstić information content (AvgIpc) is 2.63. The Hall–Kier alpha value is -1.21. The van der Waals surface area contributed by atoms with Crippen LogP contribution in [0.1, 0.15) is 17.5 Å². The van der Waals surface area contributed by atoms with Crippen molar-refractivity contribution in [1.82, 2.24) is 15.2 Å². The van der Waals surface area contributed by atoms with Gasteiger partial charge in [0.25, 0.3) is 0 Å². The molecule has 0 aliphatic rings. The van der Waals surface area contributed by atoms with Gasteiger partial charge < -0.3 is 15.2 Å². The van der Waals surface area contributed by atoms with Crippen LogP contribution < -0.4 is 5.32 Å². The second-order valence-electron chi connectivity index (χ2n) is 3.92. The van der Waals surface area contributed by atoms with Crippen molar-refractivity contribution in [2.45, 2.75) is 20.3 Å². The second-order valence-corrected chi connectivity index (χ2v) is 5.70. The molecule has 100 valence electrons. The molecule has 0 saturated carbocycles. The number of nitrogens with one attached hydrogen (secondary N) is 2. The molecule has 0 saturated heterocycles. The number of aromatic nitrogens is 1. The minimum Gasteiger partial charge on any atom is -0.347 e. The fraction of sp³-hybridized carbons (Fsp3) is 0.545. The van der Waals surface area contributed by atoms with Gasteiger partial charge in [-0.25, -0.2) is 0 Å². The van der Waals surface area contributed by atoms with Crippen molar-refractivity contribution >= 4 is 35.4 Å². The van der Waals surface area contributed by atoms with Gasteiger partial charge in [0.2, 0.25) is 11.8 Å². The van der Waals surface area contributed by atoms with Crippen molar-refractivity contribution in [3.05, 3.63) is 14.5 Å². The van der Waals surface area contributed by atoms with Crippen LogP contribution >= 0.6 is 23.6 Å². The molecule has 0 aliphatic heterocycles. The molecule has 0 atom stereocenters. The SMILES string of the molecule is CCN(C)C(=O)CNC(=O)Cc1sc(=S)[nH]c1C. The number of hydrogen-bond donors (Lipinski definition) is 2. The Morgan fingerprint density at radius 2 is 2.17 bits per heavy atom. The Bertz CT molecular complexity index is 493. The third-order valence-electron chi connectivity index (χ3n) is 2.58. The molecule has 0 fully saturated rings. The number of amides is 2. The van der Waals surface area contributed by atoms with Crippen molar-refractivity contribution in [2.75, 3.05) is 20.1 Å². The second kappa shape index (κ2) is 6.65. The van der Waals surface area contributed by atoms with Gasteiger partial charge in [-0.3, -0.25) is 9.59 Å². The first-order chi connectivity index (χ1) is 8.43. The van der Waals surface area contributed by atoms with E-state index >= 15 is 0 Å². The molecule has 1 aromatic heterocycles. The molecule has 0 spiro atoms. The van der Waals surface area contributed by atoms with Crippen molar-refractivity contribution in [3.8, 4) is 0 Å². The van der Waals surface area contributed by atoms with E-state index in [1.165, 1.54) is 11.3 Å². The smallest absolute Gasteiger partial charge is 0.241 e. The monoisotopic (exact) mass is 287 g/mol. The van der Waals surface area contributed by atoms with Gasteiger partial charge in [-0.2, -0.15) is 0 Å². The molecule has 0 unspecified atom stereocenters. The van der Waals surface area contributed by atoms with Gasteiger partial charge in [-0.15, -0.1) is 11.3 Å². The summed E-state index contributed by atoms with van der Waals surface area (Å²) in [6, 6.07) is 0. The molecule has 2 N–H and O–H groups in total. The number of carbonyl (C=O) groups excluding carboxylic acids is 2. The van der Waals surface area contributed by atoms with Gasteiger partial charge in [0.05, 0.1) is 13.0 Å². The zero-order chi connectivity index (χ0) is 13.7. The summed E-state index contributed by atoms with van der Waals surface area (Å²) < 4.78 is 0.664. The summed E-state index contributed by atoms with van der Waals surface area (Å²) in [6.45, 7) is 4.44. The Morgan fingerprint density at radius 1 is 1.50 bits per heavy atom. The molecular formula is C11H17N3O2S2. The molecule has 5 nitrogen and oxygen atoms in total. The summed E-state index contributed by atoms with van der Waals surface area (Å²) in [5.41, 5.74) is 0.914. The number of rotatable bonds is 5. The molecule has 1 aromatic rings. The van der Waals surface area contributed by atoms with Crippen molar-refractivity contribution in [1.29, 1.82) is 0 Å². The van der Waals surface area contributed by atoms with Crippen molar-refractivity contribution < 1.29 is 9.59 Å². The fourth-order valence-electron chi connectivity index (χ4n) is 1.30. The number of nitrogens with zero attached hydrogens (tertiary/aromatic N) is 1. The van der Waals surface area contributed by atoms with Crippen LogP contribution in [0.4, 0.5) is 0 Å². The van der Waals surface area contributed by atoms with E-state index in [4.69, 9.17) is 12.2 Å². The number of likely N-dealkylation sites (N-methyl/N-ethyl adjacent to an activating group) is 1. The number of thiazole rings is 1. The lowest BCUT2D eigenvalue weighted by molar-refractivity contribution is -0.131. The lowest BCUT2D eigenvalue weighted by Crippen LogP contribution is -2.38. The van der Waals surface area contributed by atoms with Crippen LogP contribution in [0.3, 0.4) is 0 Å². The summed E-state index contributed by atoms with van der Waals surface area (Å²) in [5, 5.41) is 2.61. The first kappa shape index (κ1) is 14.8. The van der Waals surface area contributed by atoms with Crippen molar-refractivity contribution in [3.63, 3.8) is 0 Å². The molecule has 7 heteroatoms. The van der Waals surface area contributed by atoms with Crippen molar-refractivity contribution in [2.24, 2.45) is 0 Å². The topological polar surface area (TPSA) is 65.2 Å². The van der Waals surface area contributed by atoms with Gasteiger partial charge in [0.15, 0.2) is 3.95 Å². The van der Waals surface area contributed by atoms with Crippen LogP contribution in [0, 0.1) is 10.9 Å². The van der Waals surface area contributed by atoms with Crippen LogP contribution in [0.25, 0.3) is 0 Å². The molecule has 0 aliphatic carbocycles. The van der Waals surface area contributed by atoms with E-state index in [1.54, 1.807) is 11.9 Å². The zero-order valence-corrected chi connectivity index (χ0v) is 12.3. The van der Waals surface area contributed by atoms with E-state index in [0.717, 1.165) is 10.6 Å². The fourth-order valence-corrected chi connectivity index (χ4v) is 2.59. The molecule has 18 heavy (non-hydrogen) atoms. The van der Waals surface area contributed by atoms with E-state index in [2.05, 4.69) is 10.3 Å². The minimum atomic E-state index is -0.166. The average molecular weight is 287 g/mol. The maximum atomic E-state index is 11.7. The summed E-state index contributed by atoms with van der Waals surface area (Å²) in [6.07, 6.45) is 0.257. The number of aryl methyl sites for hydroxylation is 1. The van der Waals surface area contributed by atoms with E-state index in [0.29, 0.717) is 10.5 Å². The van der Waals surface area contributed by atoms with E-state index in [9.17, 15) is 9.59 Å². The van der Waals surface area contributed by atoms with E-state index in [1.807, 2.05) is 13.8 Å². The first-order valence-corrected chi connectivity index (χ1v) is 6.85. The van der Waals surface area contributed by atoms with Gasteiger partial charge >= 0.3 is 0 Å². The predicted octanol–water partition coefficient (Wildman–Crippen LogP) is 1.25. The molecule has 0 radical (unpaired) electrons. The van der Waals surface area contributed by atoms with Crippen LogP contribution in [0.15, 0.2) is 0 Å². The Labute approximate surface area is 115 Å². The van der Waals surface area contributed by atoms with Gasteiger partial charge in [0.1, 0.15) is 0 Å². The number of carbonyl (C=O) groups is 2. The standard InChI is InChI=1S/C11H17N3O2S2/c1-4-14(3)10(16)6-12-9(15)5-8-7(2)13-11(17)18-8/h4-6H2,1-3H3,(H,12,15)(H,13,17). The van der Waals surface area contributed by atoms with Crippen LogP contribution in [0.2, 0.25) is 0 Å². The van der Waals surface area contributed by atoms with Crippen LogP contribution in [0.5, 0.6) is 0 Å². The molecule has 0 aromatic carbocycles. The van der Waals surface area contributed by atoms with E-state index in [-0.39, 0.29) is 24.8 Å². The minimum absolute atomic E-state index is 0.0397. The Kier molecular flexibility index (Phi) is 5.49. The Balaban J connectivity index is 2.45.